The van der Waals surface area contributed by atoms with E-state index in [1.165, 1.54) is 6.20 Å². The Balaban J connectivity index is 2.84. The fraction of sp³-hybridized carbons (Fsp3) is 0.267. The van der Waals surface area contributed by atoms with Gasteiger partial charge in [0.1, 0.15) is 12.4 Å². The molecule has 0 aromatic heterocycles. The molecule has 0 aliphatic heterocycles. The second-order valence-electron chi connectivity index (χ2n) is 4.56. The number of halogens is 1. The van der Waals surface area contributed by atoms with Crippen LogP contribution >= 0.6 is 11.6 Å². The highest BCUT2D eigenvalue weighted by Gasteiger charge is 2.09. The summed E-state index contributed by atoms with van der Waals surface area (Å²) in [6.45, 7) is 1.21. The van der Waals surface area contributed by atoms with E-state index >= 15 is 0 Å². The van der Waals surface area contributed by atoms with Crippen molar-refractivity contribution in [1.82, 2.24) is 10.7 Å². The summed E-state index contributed by atoms with van der Waals surface area (Å²) in [7, 11) is 1.61. The number of nitrogens with one attached hydrogen (secondary N) is 2. The average molecular weight is 355 g/mol. The van der Waals surface area contributed by atoms with Gasteiger partial charge in [-0.15, -0.1) is 0 Å². The van der Waals surface area contributed by atoms with Crippen molar-refractivity contribution in [2.45, 2.75) is 0 Å². The van der Waals surface area contributed by atoms with E-state index in [0.717, 1.165) is 11.1 Å². The third-order valence-electron chi connectivity index (χ3n) is 2.95. The van der Waals surface area contributed by atoms with E-state index in [1.54, 1.807) is 37.5 Å². The molecule has 0 radical (unpaired) electrons. The lowest BCUT2D eigenvalue weighted by atomic mass is 10.1. The van der Waals surface area contributed by atoms with Gasteiger partial charge in [0.2, 0.25) is 0 Å². The molecule has 0 fully saturated rings. The van der Waals surface area contributed by atoms with Crippen molar-refractivity contribution < 1.29 is 9.47 Å². The first-order valence-corrected chi connectivity index (χ1v) is 7.48. The summed E-state index contributed by atoms with van der Waals surface area (Å²) in [5, 5.41) is 7.12. The molecule has 0 saturated heterocycles. The van der Waals surface area contributed by atoms with Crippen LogP contribution in [0.3, 0.4) is 0 Å². The smallest absolute Gasteiger partial charge is 0.159 e. The minimum atomic E-state index is 0.290. The van der Waals surface area contributed by atoms with Crippen molar-refractivity contribution >= 4 is 23.0 Å². The van der Waals surface area contributed by atoms with Crippen LogP contribution in [0.25, 0.3) is 5.57 Å². The van der Waals surface area contributed by atoms with Crippen molar-refractivity contribution in [2.75, 3.05) is 27.0 Å². The number of methoxy groups -OCH3 is 1. The molecule has 8 nitrogen and oxygen atoms in total. The van der Waals surface area contributed by atoms with Gasteiger partial charge in [-0.1, -0.05) is 11.6 Å². The maximum atomic E-state index is 6.09. The standard InChI is InChI=1S/C15H23ClN6O2/c1-23-10-20-9-11(8-17)13-7-12(16)4-5-14(13)24-6-2-3-15(21-18)22-19/h2-5,7-8,20H,6,9-10,17-19H2,1H3,(H,21,22)/b3-2-,11-8+. The van der Waals surface area contributed by atoms with E-state index in [-0.39, 0.29) is 0 Å². The Morgan fingerprint density at radius 1 is 1.42 bits per heavy atom. The quantitative estimate of drug-likeness (QED) is 0.109. The monoisotopic (exact) mass is 354 g/mol. The van der Waals surface area contributed by atoms with Crippen molar-refractivity contribution in [3.63, 3.8) is 0 Å². The van der Waals surface area contributed by atoms with Gasteiger partial charge in [-0.05, 0) is 42.1 Å². The number of nitrogens with zero attached hydrogens (tertiary/aromatic N) is 1. The maximum Gasteiger partial charge on any atom is 0.159 e. The van der Waals surface area contributed by atoms with Crippen LogP contribution in [0, 0.1) is 0 Å². The number of hydrazine groups is 1. The third-order valence-corrected chi connectivity index (χ3v) is 3.18. The van der Waals surface area contributed by atoms with Crippen LogP contribution in [-0.4, -0.2) is 32.8 Å². The molecule has 0 amide bonds. The van der Waals surface area contributed by atoms with E-state index in [1.807, 2.05) is 0 Å². The van der Waals surface area contributed by atoms with Gasteiger partial charge >= 0.3 is 0 Å². The molecule has 0 saturated carbocycles. The summed E-state index contributed by atoms with van der Waals surface area (Å²) in [5.41, 5.74) is 9.71. The first-order valence-electron chi connectivity index (χ1n) is 7.10. The van der Waals surface area contributed by atoms with Crippen LogP contribution in [0.5, 0.6) is 5.75 Å². The molecule has 0 bridgehead atoms. The Kier molecular flexibility index (Phi) is 9.32. The van der Waals surface area contributed by atoms with E-state index in [0.29, 0.717) is 36.5 Å². The first-order chi connectivity index (χ1) is 11.7. The normalized spacial score (nSPS) is 12.6. The van der Waals surface area contributed by atoms with Crippen LogP contribution in [0.4, 0.5) is 0 Å². The highest BCUT2D eigenvalue weighted by molar-refractivity contribution is 6.30. The molecule has 1 rings (SSSR count). The number of amidine groups is 1. The number of ether oxygens (including phenoxy) is 2. The average Bonchev–Trinajstić information content (AvgIpc) is 2.60. The molecule has 132 valence electrons. The van der Waals surface area contributed by atoms with Gasteiger partial charge in [0.05, 0.1) is 6.73 Å². The predicted molar refractivity (Wildman–Crippen MR) is 97.1 cm³/mol. The van der Waals surface area contributed by atoms with Gasteiger partial charge < -0.3 is 26.5 Å². The summed E-state index contributed by atoms with van der Waals surface area (Å²) in [6, 6.07) is 5.32. The number of hydrogen-bond donors (Lipinski definition) is 5. The van der Waals surface area contributed by atoms with Gasteiger partial charge in [0.15, 0.2) is 5.84 Å². The Hall–Kier alpha value is -2.26. The number of benzene rings is 1. The molecule has 24 heavy (non-hydrogen) atoms. The fourth-order valence-electron chi connectivity index (χ4n) is 1.84. The number of nitrogens with two attached hydrogens (primary N) is 3. The van der Waals surface area contributed by atoms with Gasteiger partial charge in [0, 0.05) is 24.2 Å². The SMILES string of the molecule is COCNC/C(=C\N)c1cc(Cl)ccc1OC/C=C\C(=N\N)NN. The lowest BCUT2D eigenvalue weighted by Gasteiger charge is -2.14. The molecule has 0 unspecified atom stereocenters. The van der Waals surface area contributed by atoms with Crippen molar-refractivity contribution in [2.24, 2.45) is 22.5 Å². The fourth-order valence-corrected chi connectivity index (χ4v) is 2.01. The van der Waals surface area contributed by atoms with Gasteiger partial charge in [-0.3, -0.25) is 5.32 Å². The highest BCUT2D eigenvalue weighted by Crippen LogP contribution is 2.28. The maximum absolute atomic E-state index is 6.09. The van der Waals surface area contributed by atoms with Crippen LogP contribution in [0.1, 0.15) is 5.56 Å². The Morgan fingerprint density at radius 3 is 2.83 bits per heavy atom. The van der Waals surface area contributed by atoms with Crippen LogP contribution in [-0.2, 0) is 4.74 Å². The molecule has 9 heteroatoms. The Labute approximate surface area is 146 Å². The number of hydrazone groups is 1. The minimum Gasteiger partial charge on any atom is -0.489 e. The van der Waals surface area contributed by atoms with E-state index in [9.17, 15) is 0 Å². The Bertz CT molecular complexity index is 604. The molecule has 0 atom stereocenters. The topological polar surface area (TPSA) is 133 Å². The zero-order chi connectivity index (χ0) is 17.8. The molecular formula is C15H23ClN6O2. The molecule has 0 aliphatic rings. The van der Waals surface area contributed by atoms with Crippen LogP contribution in [0.2, 0.25) is 5.02 Å². The summed E-state index contributed by atoms with van der Waals surface area (Å²) in [6.07, 6.45) is 4.84. The largest absolute Gasteiger partial charge is 0.489 e. The Morgan fingerprint density at radius 2 is 2.21 bits per heavy atom. The van der Waals surface area contributed by atoms with Crippen LogP contribution < -0.4 is 32.9 Å². The van der Waals surface area contributed by atoms with Crippen molar-refractivity contribution in [3.05, 3.63) is 47.1 Å². The summed E-state index contributed by atoms with van der Waals surface area (Å²) >= 11 is 6.09. The molecule has 1 aromatic carbocycles. The minimum absolute atomic E-state index is 0.290. The molecular weight excluding hydrogens is 332 g/mol. The van der Waals surface area contributed by atoms with Crippen LogP contribution in [0.15, 0.2) is 41.7 Å². The predicted octanol–water partition coefficient (Wildman–Crippen LogP) is 0.504. The van der Waals surface area contributed by atoms with Gasteiger partial charge in [0.25, 0.3) is 0 Å². The summed E-state index contributed by atoms with van der Waals surface area (Å²) < 4.78 is 10.7. The first kappa shape index (κ1) is 19.8. The summed E-state index contributed by atoms with van der Waals surface area (Å²) in [5.74, 6) is 11.3. The third kappa shape index (κ3) is 6.47. The zero-order valence-corrected chi connectivity index (χ0v) is 14.2. The lowest BCUT2D eigenvalue weighted by molar-refractivity contribution is 0.179. The van der Waals surface area contributed by atoms with E-state index < -0.39 is 0 Å². The lowest BCUT2D eigenvalue weighted by Crippen LogP contribution is -2.29. The molecule has 0 spiro atoms. The van der Waals surface area contributed by atoms with E-state index in [4.69, 9.17) is 38.5 Å². The number of rotatable bonds is 9. The van der Waals surface area contributed by atoms with Crippen molar-refractivity contribution in [3.8, 4) is 5.75 Å². The highest BCUT2D eigenvalue weighted by atomic mass is 35.5. The second-order valence-corrected chi connectivity index (χ2v) is 5.00. The van der Waals surface area contributed by atoms with Gasteiger partial charge in [-0.2, -0.15) is 5.10 Å². The summed E-state index contributed by atoms with van der Waals surface area (Å²) in [4.78, 5) is 0. The second kappa shape index (κ2) is 11.3. The molecule has 0 aliphatic carbocycles. The molecule has 0 heterocycles. The molecule has 8 N–H and O–H groups in total. The van der Waals surface area contributed by atoms with Crippen molar-refractivity contribution in [1.29, 1.82) is 0 Å². The van der Waals surface area contributed by atoms with E-state index in [2.05, 4.69) is 15.8 Å². The molecule has 1 aromatic rings. The number of hydrogen-bond acceptors (Lipinski definition) is 7. The zero-order valence-electron chi connectivity index (χ0n) is 13.5. The van der Waals surface area contributed by atoms with Gasteiger partial charge in [-0.25, -0.2) is 5.84 Å².